The van der Waals surface area contributed by atoms with Gasteiger partial charge in [-0.05, 0) is 0 Å². The van der Waals surface area contributed by atoms with Gasteiger partial charge in [-0.25, -0.2) is 0 Å². The molecule has 0 aromatic carbocycles. The number of carbonyl (C=O) groups excluding carboxylic acids is 1. The first-order valence-electron chi connectivity index (χ1n) is 3.66. The van der Waals surface area contributed by atoms with Gasteiger partial charge in [0.1, 0.15) is 6.42 Å². The molecule has 0 aromatic heterocycles. The van der Waals surface area contributed by atoms with Gasteiger partial charge in [0.15, 0.2) is 11.2 Å². The van der Waals surface area contributed by atoms with Gasteiger partial charge < -0.3 is 10.2 Å². The van der Waals surface area contributed by atoms with Gasteiger partial charge in [-0.15, -0.1) is 13.2 Å². The van der Waals surface area contributed by atoms with Crippen LogP contribution in [0.3, 0.4) is 0 Å². The summed E-state index contributed by atoms with van der Waals surface area (Å²) >= 11 is 0. The molecule has 0 bridgehead atoms. The molecule has 0 atom stereocenters. The lowest BCUT2D eigenvalue weighted by molar-refractivity contribution is -0.150. The first-order chi connectivity index (χ1) is 6.40. The van der Waals surface area contributed by atoms with Crippen LogP contribution in [-0.2, 0) is 14.4 Å². The predicted molar refractivity (Wildman–Crippen MR) is 47.7 cm³/mol. The third-order valence-corrected chi connectivity index (χ3v) is 1.77. The molecule has 0 rings (SSSR count). The molecule has 76 valence electrons. The fourth-order valence-corrected chi connectivity index (χ4v) is 0.888. The highest BCUT2D eigenvalue weighted by Gasteiger charge is 2.40. The molecule has 0 amide bonds. The summed E-state index contributed by atoms with van der Waals surface area (Å²) in [5.74, 6) is -3.83. The Labute approximate surface area is 80.4 Å². The summed E-state index contributed by atoms with van der Waals surface area (Å²) < 4.78 is 0. The normalized spacial score (nSPS) is 10.3. The van der Waals surface area contributed by atoms with Crippen LogP contribution in [0.25, 0.3) is 0 Å². The van der Waals surface area contributed by atoms with E-state index in [1.807, 2.05) is 0 Å². The van der Waals surface area contributed by atoms with Gasteiger partial charge >= 0.3 is 11.9 Å². The van der Waals surface area contributed by atoms with E-state index in [1.165, 1.54) is 0 Å². The smallest absolute Gasteiger partial charge is 0.325 e. The van der Waals surface area contributed by atoms with Crippen molar-refractivity contribution >= 4 is 17.7 Å². The second kappa shape index (κ2) is 4.36. The number of Topliss-reactive ketones (excluding diaryl/α,β-unsaturated/α-hetero) is 1. The SMILES string of the molecule is C=CC(C=C)(C(=O)O)C(=O)CC(=O)O. The Bertz CT molecular complexity index is 294. The van der Waals surface area contributed by atoms with Crippen molar-refractivity contribution in [3.05, 3.63) is 25.3 Å². The molecule has 0 saturated carbocycles. The Morgan fingerprint density at radius 3 is 1.79 bits per heavy atom. The molecule has 0 aromatic rings. The number of hydrogen-bond donors (Lipinski definition) is 2. The largest absolute Gasteiger partial charge is 0.481 e. The number of ketones is 1. The van der Waals surface area contributed by atoms with Gasteiger partial charge in [0.25, 0.3) is 0 Å². The topological polar surface area (TPSA) is 91.7 Å². The van der Waals surface area contributed by atoms with Crippen molar-refractivity contribution in [2.45, 2.75) is 6.42 Å². The lowest BCUT2D eigenvalue weighted by Crippen LogP contribution is -2.36. The highest BCUT2D eigenvalue weighted by atomic mass is 16.4. The van der Waals surface area contributed by atoms with Gasteiger partial charge in [0.05, 0.1) is 0 Å². The number of carboxylic acids is 2. The van der Waals surface area contributed by atoms with Gasteiger partial charge in [-0.1, -0.05) is 12.2 Å². The Morgan fingerprint density at radius 2 is 1.57 bits per heavy atom. The minimum atomic E-state index is -2.00. The standard InChI is InChI=1S/C9H10O5/c1-3-9(4-2,8(13)14)6(10)5-7(11)12/h3-4H,1-2,5H2,(H,11,12)(H,13,14). The van der Waals surface area contributed by atoms with Crippen molar-refractivity contribution < 1.29 is 24.6 Å². The lowest BCUT2D eigenvalue weighted by Gasteiger charge is -2.18. The monoisotopic (exact) mass is 198 g/mol. The maximum Gasteiger partial charge on any atom is 0.325 e. The average molecular weight is 198 g/mol. The highest BCUT2D eigenvalue weighted by molar-refractivity contribution is 6.12. The quantitative estimate of drug-likeness (QED) is 0.478. The molecule has 0 fully saturated rings. The molecule has 0 radical (unpaired) electrons. The molecule has 0 saturated heterocycles. The van der Waals surface area contributed by atoms with E-state index < -0.39 is 29.6 Å². The second-order valence-electron chi connectivity index (χ2n) is 2.58. The summed E-state index contributed by atoms with van der Waals surface area (Å²) in [7, 11) is 0. The molecule has 0 aliphatic carbocycles. The summed E-state index contributed by atoms with van der Waals surface area (Å²) in [5.41, 5.74) is -2.00. The average Bonchev–Trinajstić information content (AvgIpc) is 2.05. The van der Waals surface area contributed by atoms with E-state index in [1.54, 1.807) is 0 Å². The molecule has 5 heteroatoms. The molecular formula is C9H10O5. The molecule has 0 unspecified atom stereocenters. The molecular weight excluding hydrogens is 188 g/mol. The summed E-state index contributed by atoms with van der Waals surface area (Å²) in [6.07, 6.45) is 0.867. The van der Waals surface area contributed by atoms with Crippen LogP contribution in [0.15, 0.2) is 25.3 Å². The van der Waals surface area contributed by atoms with Gasteiger partial charge in [-0.3, -0.25) is 14.4 Å². The zero-order valence-electron chi connectivity index (χ0n) is 7.40. The Morgan fingerprint density at radius 1 is 1.14 bits per heavy atom. The molecule has 0 spiro atoms. The summed E-state index contributed by atoms with van der Waals surface area (Å²) in [5, 5.41) is 17.1. The summed E-state index contributed by atoms with van der Waals surface area (Å²) in [4.78, 5) is 32.3. The zero-order chi connectivity index (χ0) is 11.4. The number of hydrogen-bond acceptors (Lipinski definition) is 3. The fraction of sp³-hybridized carbons (Fsp3) is 0.222. The van der Waals surface area contributed by atoms with E-state index in [9.17, 15) is 14.4 Å². The van der Waals surface area contributed by atoms with Crippen molar-refractivity contribution in [2.24, 2.45) is 5.41 Å². The van der Waals surface area contributed by atoms with E-state index in [0.29, 0.717) is 0 Å². The van der Waals surface area contributed by atoms with Gasteiger partial charge in [-0.2, -0.15) is 0 Å². The minimum absolute atomic E-state index is 0.869. The Balaban J connectivity index is 5.10. The van der Waals surface area contributed by atoms with Crippen molar-refractivity contribution in [3.63, 3.8) is 0 Å². The van der Waals surface area contributed by atoms with Crippen LogP contribution in [-0.4, -0.2) is 27.9 Å². The van der Waals surface area contributed by atoms with Crippen LogP contribution in [0, 0.1) is 5.41 Å². The van der Waals surface area contributed by atoms with Crippen LogP contribution < -0.4 is 0 Å². The fourth-order valence-electron chi connectivity index (χ4n) is 0.888. The van der Waals surface area contributed by atoms with E-state index >= 15 is 0 Å². The highest BCUT2D eigenvalue weighted by Crippen LogP contribution is 2.23. The summed E-state index contributed by atoms with van der Waals surface area (Å²) in [6, 6.07) is 0. The molecule has 0 aliphatic rings. The molecule has 0 heterocycles. The number of carbonyl (C=O) groups is 3. The second-order valence-corrected chi connectivity index (χ2v) is 2.58. The van der Waals surface area contributed by atoms with Crippen molar-refractivity contribution in [3.8, 4) is 0 Å². The Kier molecular flexibility index (Phi) is 3.77. The number of rotatable bonds is 6. The molecule has 2 N–H and O–H groups in total. The number of aliphatic carboxylic acids is 2. The molecule has 5 nitrogen and oxygen atoms in total. The van der Waals surface area contributed by atoms with Crippen LogP contribution in [0.1, 0.15) is 6.42 Å². The van der Waals surface area contributed by atoms with Crippen molar-refractivity contribution in [1.29, 1.82) is 0 Å². The predicted octanol–water partition coefficient (Wildman–Crippen LogP) is 0.473. The first kappa shape index (κ1) is 12.1. The third kappa shape index (κ3) is 2.07. The maximum atomic E-state index is 11.3. The third-order valence-electron chi connectivity index (χ3n) is 1.77. The van der Waals surface area contributed by atoms with E-state index in [0.717, 1.165) is 12.2 Å². The van der Waals surface area contributed by atoms with Crippen LogP contribution in [0.4, 0.5) is 0 Å². The lowest BCUT2D eigenvalue weighted by atomic mass is 9.82. The minimum Gasteiger partial charge on any atom is -0.481 e. The van der Waals surface area contributed by atoms with Crippen LogP contribution in [0.2, 0.25) is 0 Å². The summed E-state index contributed by atoms with van der Waals surface area (Å²) in [6.45, 7) is 6.38. The Hall–Kier alpha value is -1.91. The van der Waals surface area contributed by atoms with E-state index in [2.05, 4.69) is 13.2 Å². The van der Waals surface area contributed by atoms with E-state index in [-0.39, 0.29) is 0 Å². The van der Waals surface area contributed by atoms with Crippen molar-refractivity contribution in [2.75, 3.05) is 0 Å². The van der Waals surface area contributed by atoms with Gasteiger partial charge in [0, 0.05) is 0 Å². The molecule has 14 heavy (non-hydrogen) atoms. The van der Waals surface area contributed by atoms with Crippen LogP contribution in [0.5, 0.6) is 0 Å². The number of carboxylic acid groups (broad SMARTS) is 2. The molecule has 0 aliphatic heterocycles. The maximum absolute atomic E-state index is 11.3. The first-order valence-corrected chi connectivity index (χ1v) is 3.66. The zero-order valence-corrected chi connectivity index (χ0v) is 7.40. The van der Waals surface area contributed by atoms with Crippen LogP contribution >= 0.6 is 0 Å². The van der Waals surface area contributed by atoms with E-state index in [4.69, 9.17) is 10.2 Å². The van der Waals surface area contributed by atoms with Gasteiger partial charge in [0.2, 0.25) is 0 Å². The van der Waals surface area contributed by atoms with Crippen molar-refractivity contribution in [1.82, 2.24) is 0 Å².